The van der Waals surface area contributed by atoms with Crippen LogP contribution in [0, 0.1) is 25.7 Å². The third-order valence-electron chi connectivity index (χ3n) is 2.67. The van der Waals surface area contributed by atoms with Gasteiger partial charge in [-0.25, -0.2) is 0 Å². The van der Waals surface area contributed by atoms with Gasteiger partial charge in [0.25, 0.3) is 5.91 Å². The van der Waals surface area contributed by atoms with Gasteiger partial charge in [0.05, 0.1) is 5.69 Å². The van der Waals surface area contributed by atoms with Crippen molar-refractivity contribution in [2.24, 2.45) is 0 Å². The topological polar surface area (TPSA) is 75.4 Å². The summed E-state index contributed by atoms with van der Waals surface area (Å²) in [6.07, 6.45) is 0. The molecule has 0 saturated carbocycles. The van der Waals surface area contributed by atoms with E-state index in [0.29, 0.717) is 22.7 Å². The number of rotatable bonds is 2. The molecule has 1 aromatic heterocycles. The van der Waals surface area contributed by atoms with Crippen molar-refractivity contribution in [3.63, 3.8) is 0 Å². The zero-order valence-electron chi connectivity index (χ0n) is 11.2. The number of aliphatic hydroxyl groups excluding tert-OH is 1. The number of nitrogens with zero attached hydrogens (tertiary/aromatic N) is 1. The number of carbonyl (C=O) groups is 1. The Balaban J connectivity index is 2.22. The summed E-state index contributed by atoms with van der Waals surface area (Å²) in [4.78, 5) is 12.1. The van der Waals surface area contributed by atoms with Crippen LogP contribution in [0.15, 0.2) is 28.8 Å². The molecule has 2 rings (SSSR count). The Morgan fingerprint density at radius 1 is 1.40 bits per heavy atom. The highest BCUT2D eigenvalue weighted by molar-refractivity contribution is 6.03. The standard InChI is InChI=1S/C15H14N2O3/c1-10-5-6-13(9-12(10)4-3-7-18)15(19)16-14-8-11(2)17-20-14/h5-6,8-9,18H,7H2,1-2H3,(H,16,19). The molecule has 1 amide bonds. The van der Waals surface area contributed by atoms with Crippen LogP contribution in [0.2, 0.25) is 0 Å². The Morgan fingerprint density at radius 2 is 2.20 bits per heavy atom. The Kier molecular flexibility index (Phi) is 4.18. The molecule has 2 N–H and O–H groups in total. The maximum Gasteiger partial charge on any atom is 0.258 e. The summed E-state index contributed by atoms with van der Waals surface area (Å²) in [5.74, 6) is 5.38. The first-order chi connectivity index (χ1) is 9.60. The normalized spacial score (nSPS) is 9.75. The predicted octanol–water partition coefficient (Wildman–Crippen LogP) is 1.89. The first-order valence-electron chi connectivity index (χ1n) is 6.05. The minimum atomic E-state index is -0.298. The molecule has 1 heterocycles. The Hall–Kier alpha value is -2.58. The molecule has 0 saturated heterocycles. The van der Waals surface area contributed by atoms with Gasteiger partial charge >= 0.3 is 0 Å². The molecule has 20 heavy (non-hydrogen) atoms. The smallest absolute Gasteiger partial charge is 0.258 e. The lowest BCUT2D eigenvalue weighted by Gasteiger charge is -2.04. The zero-order valence-corrected chi connectivity index (χ0v) is 11.2. The summed E-state index contributed by atoms with van der Waals surface area (Å²) < 4.78 is 4.93. The summed E-state index contributed by atoms with van der Waals surface area (Å²) in [7, 11) is 0. The predicted molar refractivity (Wildman–Crippen MR) is 74.3 cm³/mol. The average Bonchev–Trinajstić information content (AvgIpc) is 2.83. The van der Waals surface area contributed by atoms with E-state index in [2.05, 4.69) is 22.3 Å². The molecular formula is C15H14N2O3. The molecule has 5 heteroatoms. The van der Waals surface area contributed by atoms with Gasteiger partial charge in [-0.05, 0) is 31.5 Å². The Labute approximate surface area is 116 Å². The minimum absolute atomic E-state index is 0.215. The summed E-state index contributed by atoms with van der Waals surface area (Å²) in [5, 5.41) is 15.0. The fourth-order valence-corrected chi connectivity index (χ4v) is 1.64. The number of hydrogen-bond donors (Lipinski definition) is 2. The lowest BCUT2D eigenvalue weighted by molar-refractivity contribution is 0.102. The van der Waals surface area contributed by atoms with E-state index in [1.54, 1.807) is 25.1 Å². The highest BCUT2D eigenvalue weighted by Crippen LogP contribution is 2.14. The Bertz CT molecular complexity index is 693. The van der Waals surface area contributed by atoms with Gasteiger partial charge in [-0.3, -0.25) is 10.1 Å². The maximum absolute atomic E-state index is 12.1. The van der Waals surface area contributed by atoms with Crippen LogP contribution in [0.5, 0.6) is 0 Å². The summed E-state index contributed by atoms with van der Waals surface area (Å²) in [5.41, 5.74) is 2.81. The number of hydrogen-bond acceptors (Lipinski definition) is 4. The lowest BCUT2D eigenvalue weighted by Crippen LogP contribution is -2.11. The van der Waals surface area contributed by atoms with Crippen LogP contribution >= 0.6 is 0 Å². The van der Waals surface area contributed by atoms with Gasteiger partial charge in [-0.15, -0.1) is 0 Å². The second-order valence-corrected chi connectivity index (χ2v) is 4.28. The van der Waals surface area contributed by atoms with Crippen LogP contribution in [0.4, 0.5) is 5.88 Å². The van der Waals surface area contributed by atoms with Crippen molar-refractivity contribution in [2.45, 2.75) is 13.8 Å². The van der Waals surface area contributed by atoms with Crippen LogP contribution in [0.1, 0.15) is 27.2 Å². The monoisotopic (exact) mass is 270 g/mol. The van der Waals surface area contributed by atoms with Crippen molar-refractivity contribution in [2.75, 3.05) is 11.9 Å². The van der Waals surface area contributed by atoms with Gasteiger partial charge in [0.2, 0.25) is 5.88 Å². The number of aromatic nitrogens is 1. The molecule has 0 bridgehead atoms. The third-order valence-corrected chi connectivity index (χ3v) is 2.67. The molecule has 1 aromatic carbocycles. The Morgan fingerprint density at radius 3 is 2.85 bits per heavy atom. The van der Waals surface area contributed by atoms with Crippen LogP contribution in [0.3, 0.4) is 0 Å². The van der Waals surface area contributed by atoms with Gasteiger partial charge in [-0.1, -0.05) is 23.1 Å². The fraction of sp³-hybridized carbons (Fsp3) is 0.200. The highest BCUT2D eigenvalue weighted by Gasteiger charge is 2.10. The molecule has 5 nitrogen and oxygen atoms in total. The minimum Gasteiger partial charge on any atom is -0.384 e. The molecular weight excluding hydrogens is 256 g/mol. The van der Waals surface area contributed by atoms with Gasteiger partial charge in [-0.2, -0.15) is 0 Å². The fourth-order valence-electron chi connectivity index (χ4n) is 1.64. The van der Waals surface area contributed by atoms with Gasteiger partial charge < -0.3 is 9.63 Å². The van der Waals surface area contributed by atoms with E-state index in [1.807, 2.05) is 13.0 Å². The van der Waals surface area contributed by atoms with Crippen molar-refractivity contribution in [1.82, 2.24) is 5.16 Å². The van der Waals surface area contributed by atoms with Gasteiger partial charge in [0.1, 0.15) is 6.61 Å². The number of nitrogens with one attached hydrogen (secondary N) is 1. The van der Waals surface area contributed by atoms with Crippen molar-refractivity contribution in [3.05, 3.63) is 46.6 Å². The van der Waals surface area contributed by atoms with Crippen LogP contribution < -0.4 is 5.32 Å². The summed E-state index contributed by atoms with van der Waals surface area (Å²) in [6, 6.07) is 6.83. The molecule has 0 radical (unpaired) electrons. The molecule has 2 aromatic rings. The van der Waals surface area contributed by atoms with E-state index < -0.39 is 0 Å². The van der Waals surface area contributed by atoms with E-state index in [4.69, 9.17) is 9.63 Å². The molecule has 0 aliphatic heterocycles. The number of benzene rings is 1. The number of amides is 1. The van der Waals surface area contributed by atoms with Crippen molar-refractivity contribution in [3.8, 4) is 11.8 Å². The highest BCUT2D eigenvalue weighted by atomic mass is 16.5. The van der Waals surface area contributed by atoms with E-state index in [9.17, 15) is 4.79 Å². The van der Waals surface area contributed by atoms with Crippen molar-refractivity contribution >= 4 is 11.8 Å². The van der Waals surface area contributed by atoms with Crippen LogP contribution in [-0.2, 0) is 0 Å². The second-order valence-electron chi connectivity index (χ2n) is 4.28. The van der Waals surface area contributed by atoms with Crippen LogP contribution in [-0.4, -0.2) is 22.8 Å². The quantitative estimate of drug-likeness (QED) is 0.817. The SMILES string of the molecule is Cc1cc(NC(=O)c2ccc(C)c(C#CCO)c2)on1. The number of anilines is 1. The third kappa shape index (κ3) is 3.25. The molecule has 0 aliphatic carbocycles. The van der Waals surface area contributed by atoms with Crippen molar-refractivity contribution in [1.29, 1.82) is 0 Å². The average molecular weight is 270 g/mol. The van der Waals surface area contributed by atoms with Gasteiger partial charge in [0.15, 0.2) is 0 Å². The summed E-state index contributed by atoms with van der Waals surface area (Å²) >= 11 is 0. The molecule has 0 atom stereocenters. The lowest BCUT2D eigenvalue weighted by atomic mass is 10.0. The zero-order chi connectivity index (χ0) is 14.5. The summed E-state index contributed by atoms with van der Waals surface area (Å²) in [6.45, 7) is 3.45. The number of carbonyl (C=O) groups excluding carboxylic acids is 1. The number of aliphatic hydroxyl groups is 1. The first-order valence-corrected chi connectivity index (χ1v) is 6.05. The van der Waals surface area contributed by atoms with E-state index >= 15 is 0 Å². The van der Waals surface area contributed by atoms with E-state index in [1.165, 1.54) is 0 Å². The molecule has 0 spiro atoms. The van der Waals surface area contributed by atoms with Gasteiger partial charge in [0, 0.05) is 17.2 Å². The largest absolute Gasteiger partial charge is 0.384 e. The van der Waals surface area contributed by atoms with E-state index in [0.717, 1.165) is 5.56 Å². The first kappa shape index (κ1) is 13.8. The molecule has 0 aliphatic rings. The van der Waals surface area contributed by atoms with Crippen molar-refractivity contribution < 1.29 is 14.4 Å². The second kappa shape index (κ2) is 6.04. The van der Waals surface area contributed by atoms with Crippen LogP contribution in [0.25, 0.3) is 0 Å². The van der Waals surface area contributed by atoms with E-state index in [-0.39, 0.29) is 12.5 Å². The maximum atomic E-state index is 12.1. The molecule has 0 unspecified atom stereocenters. The molecule has 102 valence electrons. The number of aryl methyl sites for hydroxylation is 2. The molecule has 0 fully saturated rings.